The van der Waals surface area contributed by atoms with Gasteiger partial charge in [0, 0.05) is 34.7 Å². The molecule has 0 amide bonds. The van der Waals surface area contributed by atoms with Gasteiger partial charge in [0.2, 0.25) is 0 Å². The molecule has 0 aliphatic heterocycles. The van der Waals surface area contributed by atoms with Crippen LogP contribution in [0, 0.1) is 0 Å². The number of alkyl halides is 2. The van der Waals surface area contributed by atoms with Crippen LogP contribution in [0.15, 0.2) is 42.5 Å². The van der Waals surface area contributed by atoms with E-state index in [0.717, 1.165) is 59.0 Å². The number of hydrogen-bond donors (Lipinski definition) is 0. The van der Waals surface area contributed by atoms with Crippen molar-refractivity contribution in [1.29, 1.82) is 0 Å². The number of fused-ring (bicyclic) bond motifs is 2. The standard InChI is InChI=1S/C21H23Cl2NO2.ClH/c22-9-1-3-11-25-18-7-5-16-13-17-6-8-19(26-12-4-2-10-23)15-21(17)24-20(16)14-18;/h5-8,13-15H,1-4,9-12H2;1H. The van der Waals surface area contributed by atoms with Crippen LogP contribution in [-0.2, 0) is 0 Å². The van der Waals surface area contributed by atoms with Gasteiger partial charge in [0.1, 0.15) is 11.5 Å². The van der Waals surface area contributed by atoms with Gasteiger partial charge in [0.25, 0.3) is 0 Å². The topological polar surface area (TPSA) is 31.4 Å². The summed E-state index contributed by atoms with van der Waals surface area (Å²) in [6.07, 6.45) is 3.84. The Kier molecular flexibility index (Phi) is 9.26. The molecule has 0 aliphatic rings. The Morgan fingerprint density at radius 2 is 1.15 bits per heavy atom. The molecule has 3 aromatic rings. The Bertz CT molecular complexity index is 790. The predicted octanol–water partition coefficient (Wildman–Crippen LogP) is 6.61. The minimum Gasteiger partial charge on any atom is -0.494 e. The lowest BCUT2D eigenvalue weighted by Crippen LogP contribution is -1.98. The summed E-state index contributed by atoms with van der Waals surface area (Å²) in [6, 6.07) is 14.2. The molecule has 0 saturated carbocycles. The van der Waals surface area contributed by atoms with E-state index in [0.29, 0.717) is 25.0 Å². The van der Waals surface area contributed by atoms with Crippen LogP contribution in [0.3, 0.4) is 0 Å². The summed E-state index contributed by atoms with van der Waals surface area (Å²) in [6.45, 7) is 1.35. The van der Waals surface area contributed by atoms with E-state index >= 15 is 0 Å². The fourth-order valence-electron chi connectivity index (χ4n) is 2.73. The van der Waals surface area contributed by atoms with Crippen molar-refractivity contribution in [3.05, 3.63) is 42.5 Å². The van der Waals surface area contributed by atoms with Gasteiger partial charge in [-0.05, 0) is 56.0 Å². The van der Waals surface area contributed by atoms with E-state index in [1.807, 2.05) is 24.3 Å². The average Bonchev–Trinajstić information content (AvgIpc) is 2.67. The molecule has 27 heavy (non-hydrogen) atoms. The fraction of sp³-hybridized carbons (Fsp3) is 0.381. The summed E-state index contributed by atoms with van der Waals surface area (Å²) in [5.74, 6) is 3.02. The van der Waals surface area contributed by atoms with Crippen molar-refractivity contribution in [3.63, 3.8) is 0 Å². The van der Waals surface area contributed by atoms with Gasteiger partial charge >= 0.3 is 0 Å². The van der Waals surface area contributed by atoms with Gasteiger partial charge in [-0.25, -0.2) is 4.98 Å². The molecule has 0 N–H and O–H groups in total. The van der Waals surface area contributed by atoms with Crippen LogP contribution in [0.5, 0.6) is 11.5 Å². The van der Waals surface area contributed by atoms with Crippen molar-refractivity contribution in [1.82, 2.24) is 4.98 Å². The predicted molar refractivity (Wildman–Crippen MR) is 117 cm³/mol. The first kappa shape index (κ1) is 21.9. The van der Waals surface area contributed by atoms with Gasteiger partial charge < -0.3 is 9.47 Å². The molecule has 3 rings (SSSR count). The fourth-order valence-corrected chi connectivity index (χ4v) is 3.11. The van der Waals surface area contributed by atoms with E-state index < -0.39 is 0 Å². The van der Waals surface area contributed by atoms with Gasteiger partial charge in [-0.1, -0.05) is 0 Å². The minimum absolute atomic E-state index is 0. The molecule has 146 valence electrons. The normalized spacial score (nSPS) is 10.7. The summed E-state index contributed by atoms with van der Waals surface area (Å²) < 4.78 is 11.6. The third kappa shape index (κ3) is 6.31. The van der Waals surface area contributed by atoms with E-state index in [1.54, 1.807) is 0 Å². The molecule has 0 radical (unpaired) electrons. The number of hydrogen-bond acceptors (Lipinski definition) is 3. The quantitative estimate of drug-likeness (QED) is 0.207. The minimum atomic E-state index is 0. The van der Waals surface area contributed by atoms with Crippen LogP contribution >= 0.6 is 35.6 Å². The molecule has 6 heteroatoms. The van der Waals surface area contributed by atoms with Crippen molar-refractivity contribution in [2.75, 3.05) is 25.0 Å². The SMILES string of the molecule is Cl.ClCCCCOc1ccc2cc3ccc(OCCCCCl)cc3nc2c1. The molecule has 1 heterocycles. The summed E-state index contributed by atoms with van der Waals surface area (Å²) in [5, 5.41) is 2.20. The highest BCUT2D eigenvalue weighted by molar-refractivity contribution is 6.18. The number of unbranched alkanes of at least 4 members (excludes halogenated alkanes) is 2. The number of pyridine rings is 1. The van der Waals surface area contributed by atoms with E-state index in [4.69, 9.17) is 37.7 Å². The molecule has 0 spiro atoms. The maximum Gasteiger partial charge on any atom is 0.121 e. The van der Waals surface area contributed by atoms with Crippen molar-refractivity contribution in [3.8, 4) is 11.5 Å². The Morgan fingerprint density at radius 3 is 1.59 bits per heavy atom. The van der Waals surface area contributed by atoms with E-state index in [-0.39, 0.29) is 12.4 Å². The van der Waals surface area contributed by atoms with Crippen molar-refractivity contribution in [2.24, 2.45) is 0 Å². The maximum atomic E-state index is 5.79. The molecule has 0 saturated heterocycles. The smallest absolute Gasteiger partial charge is 0.121 e. The Hall–Kier alpha value is -1.42. The van der Waals surface area contributed by atoms with Crippen LogP contribution in [-0.4, -0.2) is 30.0 Å². The lowest BCUT2D eigenvalue weighted by atomic mass is 10.1. The van der Waals surface area contributed by atoms with Gasteiger partial charge in [0.05, 0.1) is 24.2 Å². The van der Waals surface area contributed by atoms with Crippen LogP contribution in [0.25, 0.3) is 21.8 Å². The van der Waals surface area contributed by atoms with Gasteiger partial charge in [0.15, 0.2) is 0 Å². The third-order valence-corrected chi connectivity index (χ3v) is 4.68. The first-order valence-corrected chi connectivity index (χ1v) is 10.1. The van der Waals surface area contributed by atoms with Gasteiger partial charge in [-0.3, -0.25) is 0 Å². The highest BCUT2D eigenvalue weighted by atomic mass is 35.5. The average molecular weight is 429 g/mol. The number of halogens is 3. The zero-order valence-electron chi connectivity index (χ0n) is 15.1. The number of nitrogens with zero attached hydrogens (tertiary/aromatic N) is 1. The largest absolute Gasteiger partial charge is 0.494 e. The highest BCUT2D eigenvalue weighted by Gasteiger charge is 2.04. The summed E-state index contributed by atoms with van der Waals surface area (Å²) in [4.78, 5) is 4.79. The van der Waals surface area contributed by atoms with Crippen molar-refractivity contribution in [2.45, 2.75) is 25.7 Å². The first-order valence-electron chi connectivity index (χ1n) is 9.02. The molecule has 0 aliphatic carbocycles. The number of benzene rings is 2. The van der Waals surface area contributed by atoms with Gasteiger partial charge in [-0.15, -0.1) is 35.6 Å². The molecule has 1 aromatic heterocycles. The van der Waals surface area contributed by atoms with E-state index in [1.165, 1.54) is 0 Å². The molecule has 0 atom stereocenters. The van der Waals surface area contributed by atoms with Crippen LogP contribution in [0.1, 0.15) is 25.7 Å². The monoisotopic (exact) mass is 427 g/mol. The summed E-state index contributed by atoms with van der Waals surface area (Å²) in [7, 11) is 0. The molecule has 0 bridgehead atoms. The number of rotatable bonds is 10. The molecule has 2 aromatic carbocycles. The number of ether oxygens (including phenoxy) is 2. The summed E-state index contributed by atoms with van der Waals surface area (Å²) >= 11 is 11.4. The van der Waals surface area contributed by atoms with Crippen molar-refractivity contribution < 1.29 is 9.47 Å². The second kappa shape index (κ2) is 11.4. The molecule has 0 fully saturated rings. The molecule has 0 unspecified atom stereocenters. The lowest BCUT2D eigenvalue weighted by Gasteiger charge is -2.09. The molecule has 3 nitrogen and oxygen atoms in total. The molecular formula is C21H24Cl3NO2. The Balaban J connectivity index is 0.00000261. The lowest BCUT2D eigenvalue weighted by molar-refractivity contribution is 0.310. The highest BCUT2D eigenvalue weighted by Crippen LogP contribution is 2.26. The summed E-state index contributed by atoms with van der Waals surface area (Å²) in [5.41, 5.74) is 1.85. The zero-order valence-corrected chi connectivity index (χ0v) is 17.5. The second-order valence-electron chi connectivity index (χ2n) is 6.19. The van der Waals surface area contributed by atoms with Crippen LogP contribution in [0.2, 0.25) is 0 Å². The second-order valence-corrected chi connectivity index (χ2v) is 6.94. The Labute approximate surface area is 176 Å². The van der Waals surface area contributed by atoms with Crippen LogP contribution in [0.4, 0.5) is 0 Å². The van der Waals surface area contributed by atoms with Crippen molar-refractivity contribution >= 4 is 57.4 Å². The zero-order chi connectivity index (χ0) is 18.2. The molecular weight excluding hydrogens is 405 g/mol. The first-order chi connectivity index (χ1) is 12.8. The Morgan fingerprint density at radius 1 is 0.667 bits per heavy atom. The van der Waals surface area contributed by atoms with Gasteiger partial charge in [-0.2, -0.15) is 0 Å². The van der Waals surface area contributed by atoms with Crippen LogP contribution < -0.4 is 9.47 Å². The van der Waals surface area contributed by atoms with E-state index in [9.17, 15) is 0 Å². The van der Waals surface area contributed by atoms with E-state index in [2.05, 4.69) is 18.2 Å². The third-order valence-electron chi connectivity index (χ3n) is 4.15. The number of aromatic nitrogens is 1. The maximum absolute atomic E-state index is 5.79.